The van der Waals surface area contributed by atoms with Gasteiger partial charge in [0.15, 0.2) is 24.0 Å². The van der Waals surface area contributed by atoms with Crippen molar-refractivity contribution in [2.45, 2.75) is 62.6 Å². The number of aliphatic hydroxyl groups is 1. The Balaban J connectivity index is 2.00. The predicted molar refractivity (Wildman–Crippen MR) is 103 cm³/mol. The molecular formula is C16H27N7O6. The SMILES string of the molecule is CN(c1ncnc(N)c1N)C1OC(CCCCC[C@H](N)C(=O)O)C([N+](=O)[O-])C1O. The lowest BCUT2D eigenvalue weighted by Crippen LogP contribution is -2.45. The van der Waals surface area contributed by atoms with Crippen LogP contribution < -0.4 is 22.1 Å². The Kier molecular flexibility index (Phi) is 7.47. The molecular weight excluding hydrogens is 386 g/mol. The van der Waals surface area contributed by atoms with E-state index < -0.39 is 41.4 Å². The van der Waals surface area contributed by atoms with Crippen LogP contribution >= 0.6 is 0 Å². The fourth-order valence-corrected chi connectivity index (χ4v) is 3.36. The molecule has 0 spiro atoms. The van der Waals surface area contributed by atoms with Crippen molar-refractivity contribution in [1.82, 2.24) is 9.97 Å². The van der Waals surface area contributed by atoms with Crippen LogP contribution in [0.2, 0.25) is 0 Å². The van der Waals surface area contributed by atoms with E-state index in [4.69, 9.17) is 27.0 Å². The number of hydrogen-bond acceptors (Lipinski definition) is 11. The van der Waals surface area contributed by atoms with Gasteiger partial charge in [0.25, 0.3) is 6.04 Å². The number of aromatic nitrogens is 2. The zero-order chi connectivity index (χ0) is 21.7. The summed E-state index contributed by atoms with van der Waals surface area (Å²) in [5.74, 6) is -0.806. The number of nitrogens with zero attached hydrogens (tertiary/aromatic N) is 4. The number of nitrogen functional groups attached to an aromatic ring is 2. The lowest BCUT2D eigenvalue weighted by Gasteiger charge is -2.27. The summed E-state index contributed by atoms with van der Waals surface area (Å²) in [5.41, 5.74) is 17.1. The largest absolute Gasteiger partial charge is 0.480 e. The molecule has 0 bridgehead atoms. The summed E-state index contributed by atoms with van der Waals surface area (Å²) in [6.45, 7) is 0. The van der Waals surface area contributed by atoms with Crippen LogP contribution in [0, 0.1) is 10.1 Å². The summed E-state index contributed by atoms with van der Waals surface area (Å²) in [5, 5.41) is 30.8. The van der Waals surface area contributed by atoms with Gasteiger partial charge in [0.1, 0.15) is 24.2 Å². The topological polar surface area (TPSA) is 217 Å². The van der Waals surface area contributed by atoms with E-state index in [0.717, 1.165) is 0 Å². The average Bonchev–Trinajstić information content (AvgIpc) is 2.99. The lowest BCUT2D eigenvalue weighted by atomic mass is 10.0. The fourth-order valence-electron chi connectivity index (χ4n) is 3.36. The number of carboxylic acid groups (broad SMARTS) is 1. The molecule has 13 nitrogen and oxygen atoms in total. The second-order valence-corrected chi connectivity index (χ2v) is 7.02. The highest BCUT2D eigenvalue weighted by Crippen LogP contribution is 2.33. The third-order valence-corrected chi connectivity index (χ3v) is 5.01. The molecule has 1 aliphatic rings. The van der Waals surface area contributed by atoms with Gasteiger partial charge in [-0.05, 0) is 12.8 Å². The highest BCUT2D eigenvalue weighted by atomic mass is 16.6. The second kappa shape index (κ2) is 9.62. The molecule has 1 saturated heterocycles. The number of unbranched alkanes of at least 4 members (excludes halogenated alkanes) is 2. The van der Waals surface area contributed by atoms with Crippen molar-refractivity contribution in [3.05, 3.63) is 16.4 Å². The van der Waals surface area contributed by atoms with E-state index in [1.54, 1.807) is 7.05 Å². The fraction of sp³-hybridized carbons (Fsp3) is 0.688. The molecule has 13 heteroatoms. The van der Waals surface area contributed by atoms with Gasteiger partial charge in [0, 0.05) is 12.0 Å². The Morgan fingerprint density at radius 2 is 2.07 bits per heavy atom. The maximum atomic E-state index is 11.5. The summed E-state index contributed by atoms with van der Waals surface area (Å²) < 4.78 is 5.78. The molecule has 29 heavy (non-hydrogen) atoms. The highest BCUT2D eigenvalue weighted by molar-refractivity contribution is 5.73. The molecule has 1 aliphatic heterocycles. The van der Waals surface area contributed by atoms with Crippen molar-refractivity contribution in [3.8, 4) is 0 Å². The maximum absolute atomic E-state index is 11.5. The van der Waals surface area contributed by atoms with Gasteiger partial charge in [0.05, 0.1) is 0 Å². The molecule has 0 aliphatic carbocycles. The maximum Gasteiger partial charge on any atom is 0.320 e. The molecule has 5 atom stereocenters. The first-order chi connectivity index (χ1) is 13.6. The molecule has 4 unspecified atom stereocenters. The number of carboxylic acids is 1. The molecule has 0 radical (unpaired) electrons. The number of ether oxygens (including phenoxy) is 1. The van der Waals surface area contributed by atoms with Crippen LogP contribution in [0.5, 0.6) is 0 Å². The van der Waals surface area contributed by atoms with Gasteiger partial charge in [-0.3, -0.25) is 14.9 Å². The number of anilines is 3. The minimum absolute atomic E-state index is 0.0521. The van der Waals surface area contributed by atoms with Crippen LogP contribution in [0.4, 0.5) is 17.3 Å². The Morgan fingerprint density at radius 3 is 2.69 bits per heavy atom. The van der Waals surface area contributed by atoms with Crippen LogP contribution in [0.25, 0.3) is 0 Å². The predicted octanol–water partition coefficient (Wildman–Crippen LogP) is -0.829. The highest BCUT2D eigenvalue weighted by Gasteiger charge is 2.53. The molecule has 0 amide bonds. The zero-order valence-corrected chi connectivity index (χ0v) is 16.0. The van der Waals surface area contributed by atoms with E-state index in [0.29, 0.717) is 32.1 Å². The van der Waals surface area contributed by atoms with Crippen LogP contribution in [0.3, 0.4) is 0 Å². The third-order valence-electron chi connectivity index (χ3n) is 5.01. The molecule has 1 aromatic heterocycles. The smallest absolute Gasteiger partial charge is 0.320 e. The first-order valence-electron chi connectivity index (χ1n) is 9.19. The summed E-state index contributed by atoms with van der Waals surface area (Å²) in [6.07, 6.45) is 0.363. The summed E-state index contributed by atoms with van der Waals surface area (Å²) in [6, 6.07) is -2.24. The number of aliphatic hydroxyl groups excluding tert-OH is 1. The van der Waals surface area contributed by atoms with E-state index in [1.807, 2.05) is 0 Å². The van der Waals surface area contributed by atoms with Gasteiger partial charge in [-0.2, -0.15) is 0 Å². The van der Waals surface area contributed by atoms with E-state index in [1.165, 1.54) is 11.2 Å². The molecule has 8 N–H and O–H groups in total. The van der Waals surface area contributed by atoms with Gasteiger partial charge in [-0.25, -0.2) is 9.97 Å². The van der Waals surface area contributed by atoms with Gasteiger partial charge in [-0.1, -0.05) is 19.3 Å². The van der Waals surface area contributed by atoms with Gasteiger partial charge in [-0.15, -0.1) is 0 Å². The summed E-state index contributed by atoms with van der Waals surface area (Å²) >= 11 is 0. The monoisotopic (exact) mass is 413 g/mol. The normalized spacial score (nSPS) is 24.9. The van der Waals surface area contributed by atoms with Crippen LogP contribution in [-0.4, -0.2) is 68.6 Å². The zero-order valence-electron chi connectivity index (χ0n) is 16.0. The number of nitro groups is 1. The molecule has 162 valence electrons. The van der Waals surface area contributed by atoms with Crippen molar-refractivity contribution >= 4 is 23.3 Å². The van der Waals surface area contributed by atoms with Crippen LogP contribution in [0.15, 0.2) is 6.33 Å². The van der Waals surface area contributed by atoms with Crippen molar-refractivity contribution in [2.24, 2.45) is 5.73 Å². The first kappa shape index (κ1) is 22.5. The van der Waals surface area contributed by atoms with E-state index >= 15 is 0 Å². The van der Waals surface area contributed by atoms with Crippen molar-refractivity contribution in [2.75, 3.05) is 23.4 Å². The lowest BCUT2D eigenvalue weighted by molar-refractivity contribution is -0.536. The van der Waals surface area contributed by atoms with Gasteiger partial charge in [0.2, 0.25) is 0 Å². The van der Waals surface area contributed by atoms with Gasteiger partial charge < -0.3 is 37.1 Å². The summed E-state index contributed by atoms with van der Waals surface area (Å²) in [4.78, 5) is 30.8. The van der Waals surface area contributed by atoms with E-state index in [2.05, 4.69) is 9.97 Å². The Morgan fingerprint density at radius 1 is 1.38 bits per heavy atom. The molecule has 2 heterocycles. The molecule has 2 rings (SSSR count). The first-order valence-corrected chi connectivity index (χ1v) is 9.19. The number of hydrogen-bond donors (Lipinski definition) is 5. The Hall–Kier alpha value is -2.77. The van der Waals surface area contributed by atoms with E-state index in [9.17, 15) is 20.0 Å². The third kappa shape index (κ3) is 5.19. The number of likely N-dealkylation sites (N-methyl/N-ethyl adjacent to an activating group) is 1. The van der Waals surface area contributed by atoms with Crippen LogP contribution in [-0.2, 0) is 9.53 Å². The standard InChI is InChI=1S/C16H27N7O6/c1-22(14-10(18)13(19)20-7-21-14)15-12(24)11(23(27)28)9(29-15)6-4-2-3-5-8(17)16(25)26/h7-9,11-12,15,24H,2-6,17-18H2,1H3,(H,25,26)(H2,19,20,21)/t8-,9?,11?,12?,15?/m0/s1. The number of rotatable bonds is 10. The molecule has 1 fully saturated rings. The minimum Gasteiger partial charge on any atom is -0.480 e. The van der Waals surface area contributed by atoms with E-state index in [-0.39, 0.29) is 17.3 Å². The van der Waals surface area contributed by atoms with Crippen molar-refractivity contribution in [1.29, 1.82) is 0 Å². The minimum atomic E-state index is -1.41. The number of nitrogens with two attached hydrogens (primary N) is 3. The molecule has 1 aromatic rings. The average molecular weight is 413 g/mol. The second-order valence-electron chi connectivity index (χ2n) is 7.02. The quantitative estimate of drug-likeness (QED) is 0.180. The Labute approximate surface area is 167 Å². The van der Waals surface area contributed by atoms with Crippen molar-refractivity contribution < 1.29 is 24.7 Å². The number of aliphatic carboxylic acids is 1. The Bertz CT molecular complexity index is 736. The molecule has 0 aromatic carbocycles. The summed E-state index contributed by atoms with van der Waals surface area (Å²) in [7, 11) is 1.54. The number of carbonyl (C=O) groups is 1. The van der Waals surface area contributed by atoms with Gasteiger partial charge >= 0.3 is 5.97 Å². The molecule has 0 saturated carbocycles. The van der Waals surface area contributed by atoms with Crippen molar-refractivity contribution in [3.63, 3.8) is 0 Å². The van der Waals surface area contributed by atoms with Crippen LogP contribution in [0.1, 0.15) is 32.1 Å².